The van der Waals surface area contributed by atoms with Gasteiger partial charge in [0.1, 0.15) is 0 Å². The van der Waals surface area contributed by atoms with Crippen LogP contribution in [0.1, 0.15) is 37.6 Å². The molecule has 0 radical (unpaired) electrons. The third-order valence-corrected chi connectivity index (χ3v) is 7.83. The number of nitrogens with zero attached hydrogens (tertiary/aromatic N) is 3. The molecule has 2 fully saturated rings. The molecule has 0 aliphatic carbocycles. The van der Waals surface area contributed by atoms with Crippen molar-refractivity contribution in [3.63, 3.8) is 0 Å². The van der Waals surface area contributed by atoms with Crippen molar-refractivity contribution in [1.29, 1.82) is 0 Å². The molecular formula is C20H28F3N3O5S. The van der Waals surface area contributed by atoms with Crippen LogP contribution in [0.4, 0.5) is 13.2 Å². The van der Waals surface area contributed by atoms with Crippen LogP contribution in [0.15, 0.2) is 18.2 Å². The summed E-state index contributed by atoms with van der Waals surface area (Å²) in [4.78, 5) is 29.6. The summed E-state index contributed by atoms with van der Waals surface area (Å²) in [5.41, 5.74) is 1.95. The molecule has 180 valence electrons. The van der Waals surface area contributed by atoms with E-state index in [1.54, 1.807) is 0 Å². The topological polar surface area (TPSA) is 108 Å². The second kappa shape index (κ2) is 10.6. The van der Waals surface area contributed by atoms with E-state index in [1.165, 1.54) is 0 Å². The highest BCUT2D eigenvalue weighted by Crippen LogP contribution is 2.29. The molecular weight excluding hydrogens is 451 g/mol. The van der Waals surface area contributed by atoms with Crippen molar-refractivity contribution < 1.29 is 36.3 Å². The van der Waals surface area contributed by atoms with E-state index in [4.69, 9.17) is 9.90 Å². The lowest BCUT2D eigenvalue weighted by Gasteiger charge is -2.39. The van der Waals surface area contributed by atoms with Crippen LogP contribution in [-0.4, -0.2) is 83.0 Å². The maximum absolute atomic E-state index is 12.6. The van der Waals surface area contributed by atoms with Crippen LogP contribution in [-0.2, 0) is 26.0 Å². The Labute approximate surface area is 185 Å². The Hall–Kier alpha value is -2.21. The van der Waals surface area contributed by atoms with Gasteiger partial charge in [-0.1, -0.05) is 13.0 Å². The average Bonchev–Trinajstić information content (AvgIpc) is 2.94. The number of likely N-dealkylation sites (tertiary alicyclic amines) is 1. The lowest BCUT2D eigenvalue weighted by molar-refractivity contribution is -0.192. The number of pyridine rings is 1. The fraction of sp³-hybridized carbons (Fsp3) is 0.650. The molecule has 8 nitrogen and oxygen atoms in total. The first-order chi connectivity index (χ1) is 14.8. The number of amides is 1. The fourth-order valence-corrected chi connectivity index (χ4v) is 6.07. The van der Waals surface area contributed by atoms with Gasteiger partial charge in [0.25, 0.3) is 0 Å². The van der Waals surface area contributed by atoms with Crippen LogP contribution in [0.25, 0.3) is 0 Å². The summed E-state index contributed by atoms with van der Waals surface area (Å²) >= 11 is 0. The molecule has 0 unspecified atom stereocenters. The van der Waals surface area contributed by atoms with Gasteiger partial charge in [0, 0.05) is 44.3 Å². The van der Waals surface area contributed by atoms with Crippen molar-refractivity contribution in [3.05, 3.63) is 29.6 Å². The number of aromatic nitrogens is 1. The molecule has 2 saturated heterocycles. The highest BCUT2D eigenvalue weighted by molar-refractivity contribution is 7.92. The largest absolute Gasteiger partial charge is 0.490 e. The number of fused-ring (bicyclic) bond motifs is 1. The molecule has 1 aromatic rings. The quantitative estimate of drug-likeness (QED) is 0.707. The predicted octanol–water partition coefficient (Wildman–Crippen LogP) is 2.02. The molecule has 1 aromatic heterocycles. The van der Waals surface area contributed by atoms with E-state index in [0.29, 0.717) is 45.4 Å². The van der Waals surface area contributed by atoms with Crippen molar-refractivity contribution in [2.24, 2.45) is 0 Å². The van der Waals surface area contributed by atoms with Crippen molar-refractivity contribution in [2.45, 2.75) is 57.1 Å². The summed E-state index contributed by atoms with van der Waals surface area (Å²) in [6.45, 7) is 6.21. The van der Waals surface area contributed by atoms with Crippen LogP contribution < -0.4 is 0 Å². The van der Waals surface area contributed by atoms with Gasteiger partial charge in [-0.2, -0.15) is 13.2 Å². The van der Waals surface area contributed by atoms with Gasteiger partial charge < -0.3 is 10.0 Å². The van der Waals surface area contributed by atoms with Gasteiger partial charge in [-0.3, -0.25) is 14.7 Å². The van der Waals surface area contributed by atoms with Crippen LogP contribution in [0.2, 0.25) is 0 Å². The highest BCUT2D eigenvalue weighted by atomic mass is 32.2. The monoisotopic (exact) mass is 479 g/mol. The first-order valence-corrected chi connectivity index (χ1v) is 12.0. The van der Waals surface area contributed by atoms with Gasteiger partial charge in [0.15, 0.2) is 9.84 Å². The molecule has 2 aliphatic heterocycles. The minimum atomic E-state index is -5.08. The third-order valence-electron chi connectivity index (χ3n) is 5.61. The zero-order chi connectivity index (χ0) is 24.1. The summed E-state index contributed by atoms with van der Waals surface area (Å²) in [5, 5.41) is 6.75. The van der Waals surface area contributed by atoms with E-state index in [0.717, 1.165) is 11.4 Å². The van der Waals surface area contributed by atoms with Crippen molar-refractivity contribution in [1.82, 2.24) is 14.8 Å². The SMILES string of the molecule is CCC(=O)N1CC[C@@H]2[C@H](CC1)N(Cc1cccc(C)n1)CCS2(=O)=O.O=C(O)C(F)(F)F. The predicted molar refractivity (Wildman–Crippen MR) is 111 cm³/mol. The molecule has 3 rings (SSSR count). The fourth-order valence-electron chi connectivity index (χ4n) is 4.02. The number of rotatable bonds is 3. The number of aliphatic carboxylic acids is 1. The van der Waals surface area contributed by atoms with Crippen LogP contribution in [0.3, 0.4) is 0 Å². The Morgan fingerprint density at radius 1 is 1.19 bits per heavy atom. The highest BCUT2D eigenvalue weighted by Gasteiger charge is 2.43. The molecule has 0 aromatic carbocycles. The minimum Gasteiger partial charge on any atom is -0.475 e. The van der Waals surface area contributed by atoms with Crippen LogP contribution >= 0.6 is 0 Å². The Bertz CT molecular complexity index is 923. The van der Waals surface area contributed by atoms with Gasteiger partial charge in [-0.05, 0) is 31.9 Å². The Morgan fingerprint density at radius 2 is 1.81 bits per heavy atom. The van der Waals surface area contributed by atoms with Gasteiger partial charge >= 0.3 is 12.1 Å². The number of hydrogen-bond donors (Lipinski definition) is 1. The molecule has 12 heteroatoms. The van der Waals surface area contributed by atoms with Gasteiger partial charge in [-0.25, -0.2) is 13.2 Å². The summed E-state index contributed by atoms with van der Waals surface area (Å²) in [5.74, 6) is -2.45. The van der Waals surface area contributed by atoms with E-state index in [1.807, 2.05) is 36.9 Å². The number of hydrogen-bond acceptors (Lipinski definition) is 6. The number of carboxylic acids is 1. The first kappa shape index (κ1) is 26.0. The molecule has 0 spiro atoms. The van der Waals surface area contributed by atoms with E-state index in [2.05, 4.69) is 9.88 Å². The Balaban J connectivity index is 0.000000451. The number of carboxylic acid groups (broad SMARTS) is 1. The van der Waals surface area contributed by atoms with E-state index in [-0.39, 0.29) is 23.0 Å². The molecule has 32 heavy (non-hydrogen) atoms. The number of aryl methyl sites for hydroxylation is 1. The van der Waals surface area contributed by atoms with Crippen molar-refractivity contribution >= 4 is 21.7 Å². The number of carbonyl (C=O) groups is 2. The van der Waals surface area contributed by atoms with E-state index in [9.17, 15) is 26.4 Å². The van der Waals surface area contributed by atoms with E-state index < -0.39 is 22.0 Å². The number of sulfone groups is 1. The zero-order valence-corrected chi connectivity index (χ0v) is 18.8. The number of carbonyl (C=O) groups excluding carboxylic acids is 1. The second-order valence-corrected chi connectivity index (χ2v) is 10.2. The lowest BCUT2D eigenvalue weighted by atomic mass is 10.1. The normalized spacial score (nSPS) is 23.3. The maximum Gasteiger partial charge on any atom is 0.490 e. The molecule has 1 N–H and O–H groups in total. The summed E-state index contributed by atoms with van der Waals surface area (Å²) < 4.78 is 57.0. The summed E-state index contributed by atoms with van der Waals surface area (Å²) in [6.07, 6.45) is -3.36. The van der Waals surface area contributed by atoms with Crippen LogP contribution in [0, 0.1) is 6.92 Å². The molecule has 3 heterocycles. The molecule has 1 amide bonds. The van der Waals surface area contributed by atoms with Crippen molar-refractivity contribution in [2.75, 3.05) is 25.4 Å². The standard InChI is InChI=1S/C18H27N3O3S.C2HF3O2/c1-3-18(22)20-9-7-16-17(8-10-20)25(23,24)12-11-21(16)13-15-6-4-5-14(2)19-15;3-2(4,5)1(6)7/h4-6,16-17H,3,7-13H2,1-2H3;(H,6,7)/t16-,17+;/m0./s1. The molecule has 2 atom stereocenters. The third kappa shape index (κ3) is 6.89. The average molecular weight is 480 g/mol. The van der Waals surface area contributed by atoms with Gasteiger partial charge in [0.05, 0.1) is 16.7 Å². The Morgan fingerprint density at radius 3 is 2.38 bits per heavy atom. The molecule has 0 saturated carbocycles. The zero-order valence-electron chi connectivity index (χ0n) is 18.0. The summed E-state index contributed by atoms with van der Waals surface area (Å²) in [7, 11) is -3.10. The van der Waals surface area contributed by atoms with Gasteiger partial charge in [0.2, 0.25) is 5.91 Å². The number of halogens is 3. The van der Waals surface area contributed by atoms with Crippen molar-refractivity contribution in [3.8, 4) is 0 Å². The minimum absolute atomic E-state index is 0.0317. The maximum atomic E-state index is 12.6. The lowest BCUT2D eigenvalue weighted by Crippen LogP contribution is -2.54. The summed E-state index contributed by atoms with van der Waals surface area (Å²) in [6, 6.07) is 5.92. The number of alkyl halides is 3. The molecule has 0 bridgehead atoms. The first-order valence-electron chi connectivity index (χ1n) is 10.3. The van der Waals surface area contributed by atoms with E-state index >= 15 is 0 Å². The second-order valence-electron chi connectivity index (χ2n) is 7.83. The smallest absolute Gasteiger partial charge is 0.475 e. The molecule has 2 aliphatic rings. The Kier molecular flexibility index (Phi) is 8.63. The van der Waals surface area contributed by atoms with Gasteiger partial charge in [-0.15, -0.1) is 0 Å². The van der Waals surface area contributed by atoms with Crippen LogP contribution in [0.5, 0.6) is 0 Å².